The van der Waals surface area contributed by atoms with E-state index in [0.29, 0.717) is 25.9 Å². The lowest BCUT2D eigenvalue weighted by Crippen LogP contribution is -2.76. The summed E-state index contributed by atoms with van der Waals surface area (Å²) >= 11 is 0. The molecule has 12 nitrogen and oxygen atoms in total. The van der Waals surface area contributed by atoms with Gasteiger partial charge in [0.25, 0.3) is 0 Å². The number of cyclic esters (lactones) is 1. The highest BCUT2D eigenvalue weighted by atomic mass is 16.7. The van der Waals surface area contributed by atoms with E-state index in [2.05, 4.69) is 0 Å². The molecule has 0 aromatic rings. The Morgan fingerprint density at radius 3 is 2.34 bits per heavy atom. The standard InChI is InChI=1S/C29H46O12/c1-13-22(34)23(35)24(36)25(40-13)41-15-8-19(32)28(12-30)21-17(3-5-27(28,37)9-15)29(38)6-4-16(14-7-20(33)39-11-14)26(29,2)10-18(21)31/h13-19,21-25,30-32,34-38H,3-12H2,1-2H3/t13-,14-,15-,16+,17+,18+,19+,21+,22-,23+,24+,25-,26+,27-,28+,29-/m0/s1. The molecule has 6 rings (SSSR count). The molecule has 4 saturated carbocycles. The van der Waals surface area contributed by atoms with Crippen LogP contribution in [0, 0.1) is 34.5 Å². The van der Waals surface area contributed by atoms with Crippen molar-refractivity contribution in [2.75, 3.05) is 13.2 Å². The van der Waals surface area contributed by atoms with E-state index in [1.807, 2.05) is 6.92 Å². The van der Waals surface area contributed by atoms with Crippen molar-refractivity contribution in [2.45, 2.75) is 125 Å². The lowest BCUT2D eigenvalue weighted by molar-refractivity contribution is -0.342. The molecule has 16 atom stereocenters. The number of ether oxygens (including phenoxy) is 3. The third-order valence-corrected chi connectivity index (χ3v) is 12.6. The van der Waals surface area contributed by atoms with Crippen molar-refractivity contribution in [3.63, 3.8) is 0 Å². The minimum absolute atomic E-state index is 0.0278. The zero-order valence-electron chi connectivity index (χ0n) is 23.7. The lowest BCUT2D eigenvalue weighted by Gasteiger charge is -2.68. The third-order valence-electron chi connectivity index (χ3n) is 12.6. The summed E-state index contributed by atoms with van der Waals surface area (Å²) in [5.74, 6) is -1.63. The maximum Gasteiger partial charge on any atom is 0.306 e. The number of hydrogen-bond donors (Lipinski definition) is 8. The number of aliphatic hydroxyl groups excluding tert-OH is 6. The van der Waals surface area contributed by atoms with Crippen LogP contribution in [0.3, 0.4) is 0 Å². The summed E-state index contributed by atoms with van der Waals surface area (Å²) < 4.78 is 16.8. The highest BCUT2D eigenvalue weighted by Gasteiger charge is 2.75. The van der Waals surface area contributed by atoms with Gasteiger partial charge in [0.2, 0.25) is 0 Å². The number of aliphatic hydroxyl groups is 8. The van der Waals surface area contributed by atoms with E-state index in [0.717, 1.165) is 0 Å². The van der Waals surface area contributed by atoms with Crippen molar-refractivity contribution >= 4 is 5.97 Å². The zero-order valence-corrected chi connectivity index (χ0v) is 23.7. The van der Waals surface area contributed by atoms with Gasteiger partial charge in [-0.15, -0.1) is 0 Å². The monoisotopic (exact) mass is 586 g/mol. The first-order valence-corrected chi connectivity index (χ1v) is 15.1. The van der Waals surface area contributed by atoms with E-state index in [1.165, 1.54) is 6.92 Å². The van der Waals surface area contributed by atoms with E-state index < -0.39 is 89.5 Å². The van der Waals surface area contributed by atoms with Crippen LogP contribution < -0.4 is 0 Å². The Labute approximate surface area is 239 Å². The second kappa shape index (κ2) is 10.0. The second-order valence-electron chi connectivity index (χ2n) is 14.2. The molecule has 0 aromatic carbocycles. The molecule has 0 aromatic heterocycles. The van der Waals surface area contributed by atoms with Crippen molar-refractivity contribution in [2.24, 2.45) is 34.5 Å². The van der Waals surface area contributed by atoms with Gasteiger partial charge in [-0.3, -0.25) is 4.79 Å². The number of fused-ring (bicyclic) bond motifs is 5. The Morgan fingerprint density at radius 1 is 0.976 bits per heavy atom. The maximum atomic E-state index is 12.4. The minimum atomic E-state index is -1.66. The molecule has 2 aliphatic heterocycles. The molecule has 0 spiro atoms. The van der Waals surface area contributed by atoms with Gasteiger partial charge in [-0.25, -0.2) is 0 Å². The molecule has 2 saturated heterocycles. The smallest absolute Gasteiger partial charge is 0.306 e. The summed E-state index contributed by atoms with van der Waals surface area (Å²) in [5.41, 5.74) is -5.13. The van der Waals surface area contributed by atoms with Crippen LogP contribution in [-0.4, -0.2) is 120 Å². The van der Waals surface area contributed by atoms with Gasteiger partial charge in [0.15, 0.2) is 6.29 Å². The Bertz CT molecular complexity index is 1030. The largest absolute Gasteiger partial charge is 0.465 e. The van der Waals surface area contributed by atoms with Crippen LogP contribution in [0.1, 0.15) is 65.2 Å². The van der Waals surface area contributed by atoms with Gasteiger partial charge < -0.3 is 55.1 Å². The van der Waals surface area contributed by atoms with Gasteiger partial charge in [-0.05, 0) is 50.9 Å². The van der Waals surface area contributed by atoms with Crippen LogP contribution in [0.15, 0.2) is 0 Å². The average Bonchev–Trinajstić information content (AvgIpc) is 3.45. The molecule has 0 amide bonds. The molecular weight excluding hydrogens is 540 g/mol. The van der Waals surface area contributed by atoms with Crippen molar-refractivity contribution < 1.29 is 59.9 Å². The summed E-state index contributed by atoms with van der Waals surface area (Å²) in [6, 6.07) is 0. The minimum Gasteiger partial charge on any atom is -0.465 e. The van der Waals surface area contributed by atoms with Crippen LogP contribution >= 0.6 is 0 Å². The van der Waals surface area contributed by atoms with Crippen molar-refractivity contribution in [3.8, 4) is 0 Å². The molecule has 12 heteroatoms. The van der Waals surface area contributed by atoms with Crippen LogP contribution in [-0.2, 0) is 19.0 Å². The zero-order chi connectivity index (χ0) is 29.7. The van der Waals surface area contributed by atoms with Crippen molar-refractivity contribution in [3.05, 3.63) is 0 Å². The lowest BCUT2D eigenvalue weighted by atomic mass is 9.40. The normalized spacial score (nSPS) is 58.8. The SMILES string of the molecule is C[C@@H]1O[C@@H](O[C@H]2C[C@@H](O)[C@]3(CO)[C@H]4[C@H](O)C[C@]5(C)[C@@H]([C@@H]6COC(=O)C6)CC[C@]5(O)[C@@H]4CC[C@]3(O)C2)[C@H](O)[C@H](O)[C@H]1O. The van der Waals surface area contributed by atoms with Crippen LogP contribution in [0.5, 0.6) is 0 Å². The third kappa shape index (κ3) is 4.05. The molecule has 234 valence electrons. The summed E-state index contributed by atoms with van der Waals surface area (Å²) in [7, 11) is 0. The van der Waals surface area contributed by atoms with Gasteiger partial charge in [0, 0.05) is 30.1 Å². The predicted molar refractivity (Wildman–Crippen MR) is 139 cm³/mol. The fraction of sp³-hybridized carbons (Fsp3) is 0.966. The highest BCUT2D eigenvalue weighted by Crippen LogP contribution is 2.71. The highest BCUT2D eigenvalue weighted by molar-refractivity contribution is 5.71. The molecule has 0 radical (unpaired) electrons. The number of carbonyl (C=O) groups is 1. The number of esters is 1. The Morgan fingerprint density at radius 2 is 1.68 bits per heavy atom. The quantitative estimate of drug-likeness (QED) is 0.141. The van der Waals surface area contributed by atoms with Gasteiger partial charge in [-0.1, -0.05) is 6.92 Å². The van der Waals surface area contributed by atoms with Crippen molar-refractivity contribution in [1.29, 1.82) is 0 Å². The molecule has 41 heavy (non-hydrogen) atoms. The molecule has 6 aliphatic rings. The summed E-state index contributed by atoms with van der Waals surface area (Å²) in [6.07, 6.45) is -7.60. The van der Waals surface area contributed by atoms with Crippen LogP contribution in [0.2, 0.25) is 0 Å². The average molecular weight is 587 g/mol. The number of rotatable bonds is 4. The second-order valence-corrected chi connectivity index (χ2v) is 14.2. The van der Waals surface area contributed by atoms with Gasteiger partial charge in [-0.2, -0.15) is 0 Å². The van der Waals surface area contributed by atoms with Gasteiger partial charge in [0.1, 0.15) is 18.3 Å². The first-order valence-electron chi connectivity index (χ1n) is 15.1. The van der Waals surface area contributed by atoms with E-state index in [1.54, 1.807) is 0 Å². The van der Waals surface area contributed by atoms with E-state index in [-0.39, 0.29) is 49.9 Å². The predicted octanol–water partition coefficient (Wildman–Crippen LogP) is -1.44. The number of hydrogen-bond acceptors (Lipinski definition) is 12. The van der Waals surface area contributed by atoms with Crippen LogP contribution in [0.25, 0.3) is 0 Å². The topological polar surface area (TPSA) is 207 Å². The summed E-state index contributed by atoms with van der Waals surface area (Å²) in [4.78, 5) is 11.9. The molecular formula is C29H46O12. The van der Waals surface area contributed by atoms with Crippen LogP contribution in [0.4, 0.5) is 0 Å². The molecule has 6 fully saturated rings. The Kier molecular flexibility index (Phi) is 7.38. The van der Waals surface area contributed by atoms with E-state index in [9.17, 15) is 45.6 Å². The Balaban J connectivity index is 1.27. The first-order chi connectivity index (χ1) is 19.2. The summed E-state index contributed by atoms with van der Waals surface area (Å²) in [6.45, 7) is 3.20. The molecule has 0 bridgehead atoms. The number of carbonyl (C=O) groups excluding carboxylic acids is 1. The molecule has 0 unspecified atom stereocenters. The van der Waals surface area contributed by atoms with Gasteiger partial charge >= 0.3 is 5.97 Å². The maximum absolute atomic E-state index is 12.4. The fourth-order valence-corrected chi connectivity index (χ4v) is 10.5. The first kappa shape index (κ1) is 30.1. The Hall–Kier alpha value is -0.930. The van der Waals surface area contributed by atoms with E-state index >= 15 is 0 Å². The molecule has 4 aliphatic carbocycles. The molecule has 8 N–H and O–H groups in total. The fourth-order valence-electron chi connectivity index (χ4n) is 10.5. The van der Waals surface area contributed by atoms with E-state index in [4.69, 9.17) is 14.2 Å². The summed E-state index contributed by atoms with van der Waals surface area (Å²) in [5, 5.41) is 89.7. The molecule has 2 heterocycles. The van der Waals surface area contributed by atoms with Crippen molar-refractivity contribution in [1.82, 2.24) is 0 Å². The van der Waals surface area contributed by atoms with Gasteiger partial charge in [0.05, 0.1) is 60.7 Å².